The minimum Gasteiger partial charge on any atom is -0.235 e. The lowest BCUT2D eigenvalue weighted by atomic mass is 9.84. The zero-order valence-electron chi connectivity index (χ0n) is 12.5. The lowest BCUT2D eigenvalue weighted by Crippen LogP contribution is -2.06. The monoisotopic (exact) mass is 328 g/mol. The molecule has 112 valence electrons. The van der Waals surface area contributed by atoms with Crippen LogP contribution in [0.15, 0.2) is 35.2 Å². The SMILES string of the molecule is CC1CCC/C(=C(/C#N)c2nc(-c3ccc(Cl)cc3)cs2)C1. The highest BCUT2D eigenvalue weighted by Crippen LogP contribution is 2.35. The van der Waals surface area contributed by atoms with Crippen molar-refractivity contribution >= 4 is 28.5 Å². The van der Waals surface area contributed by atoms with E-state index in [-0.39, 0.29) is 0 Å². The Morgan fingerprint density at radius 3 is 2.82 bits per heavy atom. The molecule has 1 fully saturated rings. The molecule has 1 heterocycles. The van der Waals surface area contributed by atoms with E-state index in [1.807, 2.05) is 29.6 Å². The maximum atomic E-state index is 9.58. The predicted octanol–water partition coefficient (Wildman–Crippen LogP) is 5.95. The molecule has 0 radical (unpaired) electrons. The van der Waals surface area contributed by atoms with E-state index < -0.39 is 0 Å². The maximum Gasteiger partial charge on any atom is 0.134 e. The van der Waals surface area contributed by atoms with Crippen LogP contribution in [0.4, 0.5) is 0 Å². The summed E-state index contributed by atoms with van der Waals surface area (Å²) in [6.45, 7) is 2.26. The largest absolute Gasteiger partial charge is 0.235 e. The summed E-state index contributed by atoms with van der Waals surface area (Å²) in [5.41, 5.74) is 4.01. The van der Waals surface area contributed by atoms with Gasteiger partial charge in [0.2, 0.25) is 0 Å². The number of rotatable bonds is 2. The highest BCUT2D eigenvalue weighted by Gasteiger charge is 2.19. The third-order valence-corrected chi connectivity index (χ3v) is 5.21. The standard InChI is InChI=1S/C18H17ClN2S/c1-12-3-2-4-14(9-12)16(10-20)18-21-17(11-22-18)13-5-7-15(19)8-6-13/h5-8,11-12H,2-4,9H2,1H3/b16-14+. The first-order valence-corrected chi connectivity index (χ1v) is 8.77. The molecular weight excluding hydrogens is 312 g/mol. The molecule has 0 spiro atoms. The van der Waals surface area contributed by atoms with Crippen LogP contribution in [0.3, 0.4) is 0 Å². The Hall–Kier alpha value is -1.63. The minimum absolute atomic E-state index is 0.669. The van der Waals surface area contributed by atoms with E-state index in [1.54, 1.807) is 11.3 Å². The molecule has 1 aromatic carbocycles. The first-order chi connectivity index (χ1) is 10.7. The van der Waals surface area contributed by atoms with Crippen molar-refractivity contribution in [1.82, 2.24) is 4.98 Å². The average molecular weight is 329 g/mol. The van der Waals surface area contributed by atoms with Crippen LogP contribution >= 0.6 is 22.9 Å². The molecule has 0 aliphatic heterocycles. The first-order valence-electron chi connectivity index (χ1n) is 7.51. The highest BCUT2D eigenvalue weighted by molar-refractivity contribution is 7.11. The first kappa shape index (κ1) is 15.3. The Kier molecular flexibility index (Phi) is 4.61. The van der Waals surface area contributed by atoms with Gasteiger partial charge >= 0.3 is 0 Å². The van der Waals surface area contributed by atoms with Crippen LogP contribution in [0.25, 0.3) is 16.8 Å². The van der Waals surface area contributed by atoms with Gasteiger partial charge in [0, 0.05) is 16.0 Å². The Labute approximate surface area is 140 Å². The number of hydrogen-bond acceptors (Lipinski definition) is 3. The van der Waals surface area contributed by atoms with Crippen molar-refractivity contribution in [3.8, 4) is 17.3 Å². The summed E-state index contributed by atoms with van der Waals surface area (Å²) in [5.74, 6) is 0.669. The van der Waals surface area contributed by atoms with Crippen molar-refractivity contribution < 1.29 is 0 Å². The number of nitriles is 1. The molecule has 1 atom stereocenters. The fourth-order valence-corrected chi connectivity index (χ4v) is 3.93. The van der Waals surface area contributed by atoms with Gasteiger partial charge in [0.1, 0.15) is 11.1 Å². The Balaban J connectivity index is 1.93. The molecule has 4 heteroatoms. The second kappa shape index (κ2) is 6.64. The molecule has 2 aromatic rings. The van der Waals surface area contributed by atoms with E-state index >= 15 is 0 Å². The number of thiazole rings is 1. The van der Waals surface area contributed by atoms with Crippen LogP contribution in [0.2, 0.25) is 5.02 Å². The van der Waals surface area contributed by atoms with Crippen LogP contribution < -0.4 is 0 Å². The van der Waals surface area contributed by atoms with E-state index in [9.17, 15) is 5.26 Å². The Morgan fingerprint density at radius 2 is 2.14 bits per heavy atom. The van der Waals surface area contributed by atoms with Crippen molar-refractivity contribution in [3.63, 3.8) is 0 Å². The van der Waals surface area contributed by atoms with E-state index in [1.165, 1.54) is 18.4 Å². The average Bonchev–Trinajstić information content (AvgIpc) is 2.98. The van der Waals surface area contributed by atoms with Crippen molar-refractivity contribution in [2.24, 2.45) is 5.92 Å². The summed E-state index contributed by atoms with van der Waals surface area (Å²) in [4.78, 5) is 4.68. The molecule has 0 saturated heterocycles. The van der Waals surface area contributed by atoms with Crippen LogP contribution in [-0.2, 0) is 0 Å². The number of nitrogens with zero attached hydrogens (tertiary/aromatic N) is 2. The molecule has 2 nitrogen and oxygen atoms in total. The van der Waals surface area contributed by atoms with Gasteiger partial charge in [0.15, 0.2) is 0 Å². The van der Waals surface area contributed by atoms with Gasteiger partial charge in [-0.2, -0.15) is 5.26 Å². The molecule has 3 rings (SSSR count). The van der Waals surface area contributed by atoms with Gasteiger partial charge in [-0.25, -0.2) is 4.98 Å². The number of benzene rings is 1. The fraction of sp³-hybridized carbons (Fsp3) is 0.333. The third-order valence-electron chi connectivity index (χ3n) is 4.09. The topological polar surface area (TPSA) is 36.7 Å². The predicted molar refractivity (Wildman–Crippen MR) is 92.7 cm³/mol. The van der Waals surface area contributed by atoms with Gasteiger partial charge in [-0.1, -0.05) is 37.1 Å². The zero-order valence-corrected chi connectivity index (χ0v) is 14.0. The van der Waals surface area contributed by atoms with E-state index in [2.05, 4.69) is 18.0 Å². The van der Waals surface area contributed by atoms with Crippen molar-refractivity contribution in [3.05, 3.63) is 45.2 Å². The van der Waals surface area contributed by atoms with Gasteiger partial charge < -0.3 is 0 Å². The quantitative estimate of drug-likeness (QED) is 0.638. The second-order valence-electron chi connectivity index (χ2n) is 5.84. The number of hydrogen-bond donors (Lipinski definition) is 0. The highest BCUT2D eigenvalue weighted by atomic mass is 35.5. The molecule has 1 aliphatic rings. The molecule has 1 saturated carbocycles. The molecule has 22 heavy (non-hydrogen) atoms. The van der Waals surface area contributed by atoms with Crippen molar-refractivity contribution in [1.29, 1.82) is 5.26 Å². The smallest absolute Gasteiger partial charge is 0.134 e. The summed E-state index contributed by atoms with van der Waals surface area (Å²) in [5, 5.41) is 13.2. The van der Waals surface area contributed by atoms with E-state index in [0.29, 0.717) is 5.92 Å². The Bertz CT molecular complexity index is 737. The summed E-state index contributed by atoms with van der Waals surface area (Å²) in [7, 11) is 0. The molecule has 1 aromatic heterocycles. The summed E-state index contributed by atoms with van der Waals surface area (Å²) in [6.07, 6.45) is 4.50. The summed E-state index contributed by atoms with van der Waals surface area (Å²) in [6, 6.07) is 10.0. The lowest BCUT2D eigenvalue weighted by molar-refractivity contribution is 0.454. The number of halogens is 1. The Morgan fingerprint density at radius 1 is 1.36 bits per heavy atom. The molecule has 0 bridgehead atoms. The van der Waals surface area contributed by atoms with Crippen molar-refractivity contribution in [2.75, 3.05) is 0 Å². The lowest BCUT2D eigenvalue weighted by Gasteiger charge is -2.21. The number of aromatic nitrogens is 1. The van der Waals surface area contributed by atoms with Gasteiger partial charge in [0.25, 0.3) is 0 Å². The van der Waals surface area contributed by atoms with Crippen LogP contribution in [0.1, 0.15) is 37.6 Å². The fourth-order valence-electron chi connectivity index (χ4n) is 2.94. The van der Waals surface area contributed by atoms with Crippen LogP contribution in [0.5, 0.6) is 0 Å². The summed E-state index contributed by atoms with van der Waals surface area (Å²) < 4.78 is 0. The van der Waals surface area contributed by atoms with Crippen LogP contribution in [0, 0.1) is 17.2 Å². The van der Waals surface area contributed by atoms with E-state index in [0.717, 1.165) is 39.7 Å². The minimum atomic E-state index is 0.669. The molecule has 1 unspecified atom stereocenters. The molecule has 0 amide bonds. The molecular formula is C18H17ClN2S. The van der Waals surface area contributed by atoms with Gasteiger partial charge in [-0.3, -0.25) is 0 Å². The maximum absolute atomic E-state index is 9.58. The van der Waals surface area contributed by atoms with Crippen molar-refractivity contribution in [2.45, 2.75) is 32.6 Å². The van der Waals surface area contributed by atoms with Gasteiger partial charge in [-0.15, -0.1) is 11.3 Å². The zero-order chi connectivity index (χ0) is 15.5. The summed E-state index contributed by atoms with van der Waals surface area (Å²) >= 11 is 7.48. The third kappa shape index (κ3) is 3.24. The van der Waals surface area contributed by atoms with Gasteiger partial charge in [-0.05, 0) is 42.9 Å². The normalized spacial score (nSPS) is 20.5. The number of allylic oxidation sites excluding steroid dienone is 2. The molecule has 1 aliphatic carbocycles. The van der Waals surface area contributed by atoms with Gasteiger partial charge in [0.05, 0.1) is 11.3 Å². The van der Waals surface area contributed by atoms with Crippen LogP contribution in [-0.4, -0.2) is 4.98 Å². The second-order valence-corrected chi connectivity index (χ2v) is 7.13. The van der Waals surface area contributed by atoms with E-state index in [4.69, 9.17) is 11.6 Å². The molecule has 0 N–H and O–H groups in total.